The molecule has 7 heteroatoms. The molecule has 0 unspecified atom stereocenters. The molecule has 0 spiro atoms. The third-order valence-electron chi connectivity index (χ3n) is 4.72. The Kier molecular flexibility index (Phi) is 4.87. The Labute approximate surface area is 140 Å². The molecule has 2 N–H and O–H groups in total. The highest BCUT2D eigenvalue weighted by atomic mass is 16.6. The van der Waals surface area contributed by atoms with Crippen LogP contribution >= 0.6 is 0 Å². The van der Waals surface area contributed by atoms with Gasteiger partial charge in [0.2, 0.25) is 5.91 Å². The molecule has 1 amide bonds. The van der Waals surface area contributed by atoms with Gasteiger partial charge < -0.3 is 15.4 Å². The number of methoxy groups -OCH3 is 1. The maximum absolute atomic E-state index is 12.2. The number of hydrogen-bond donors (Lipinski definition) is 2. The number of nitro groups is 1. The number of nitrogens with one attached hydrogen (secondary N) is 2. The molecule has 0 heterocycles. The standard InChI is InChI=1S/C17H23N3O4/c1-24-16-10-14(7-8-15(16)20(22)23)18-13-4-2-3-11(9-13)17(21)19-12-5-6-12/h7-8,10-13,18H,2-6,9H2,1H3,(H,19,21)/t11-,13-/m1/s1. The first-order valence-corrected chi connectivity index (χ1v) is 8.46. The molecule has 130 valence electrons. The largest absolute Gasteiger partial charge is 0.490 e. The molecule has 2 aliphatic rings. The Morgan fingerprint density at radius 1 is 1.25 bits per heavy atom. The van der Waals surface area contributed by atoms with Crippen molar-refractivity contribution >= 4 is 17.3 Å². The minimum Gasteiger partial charge on any atom is -0.490 e. The average Bonchev–Trinajstić information content (AvgIpc) is 3.38. The smallest absolute Gasteiger partial charge is 0.311 e. The maximum Gasteiger partial charge on any atom is 0.311 e. The minimum atomic E-state index is -0.457. The van der Waals surface area contributed by atoms with Crippen LogP contribution in [0, 0.1) is 16.0 Å². The van der Waals surface area contributed by atoms with Gasteiger partial charge in [-0.25, -0.2) is 0 Å². The molecule has 24 heavy (non-hydrogen) atoms. The van der Waals surface area contributed by atoms with E-state index in [2.05, 4.69) is 10.6 Å². The number of nitro benzene ring substituents is 1. The average molecular weight is 333 g/mol. The number of anilines is 1. The Balaban J connectivity index is 1.62. The van der Waals surface area contributed by atoms with E-state index in [0.29, 0.717) is 6.04 Å². The molecule has 0 radical (unpaired) electrons. The fourth-order valence-corrected chi connectivity index (χ4v) is 3.26. The van der Waals surface area contributed by atoms with E-state index in [0.717, 1.165) is 44.2 Å². The predicted molar refractivity (Wildman–Crippen MR) is 90.2 cm³/mol. The Morgan fingerprint density at radius 3 is 2.71 bits per heavy atom. The molecular formula is C17H23N3O4. The molecule has 2 atom stereocenters. The molecule has 0 aromatic heterocycles. The zero-order valence-corrected chi connectivity index (χ0v) is 13.8. The molecule has 1 aromatic carbocycles. The van der Waals surface area contributed by atoms with Crippen LogP contribution in [-0.4, -0.2) is 30.0 Å². The van der Waals surface area contributed by atoms with Gasteiger partial charge in [-0.05, 0) is 38.2 Å². The highest BCUT2D eigenvalue weighted by Gasteiger charge is 2.31. The van der Waals surface area contributed by atoms with Gasteiger partial charge in [0, 0.05) is 35.8 Å². The highest BCUT2D eigenvalue weighted by molar-refractivity contribution is 5.79. The van der Waals surface area contributed by atoms with Gasteiger partial charge in [-0.1, -0.05) is 6.42 Å². The van der Waals surface area contributed by atoms with E-state index in [4.69, 9.17) is 4.74 Å². The van der Waals surface area contributed by atoms with E-state index in [-0.39, 0.29) is 29.3 Å². The summed E-state index contributed by atoms with van der Waals surface area (Å²) in [6.07, 6.45) is 5.92. The van der Waals surface area contributed by atoms with Crippen molar-refractivity contribution in [2.24, 2.45) is 5.92 Å². The summed E-state index contributed by atoms with van der Waals surface area (Å²) in [5.74, 6) is 0.464. The summed E-state index contributed by atoms with van der Waals surface area (Å²) in [6.45, 7) is 0. The lowest BCUT2D eigenvalue weighted by Gasteiger charge is -2.29. The number of carbonyl (C=O) groups excluding carboxylic acids is 1. The van der Waals surface area contributed by atoms with Crippen LogP contribution in [-0.2, 0) is 4.79 Å². The Bertz CT molecular complexity index is 630. The zero-order chi connectivity index (χ0) is 17.1. The third-order valence-corrected chi connectivity index (χ3v) is 4.72. The molecule has 3 rings (SSSR count). The van der Waals surface area contributed by atoms with E-state index < -0.39 is 4.92 Å². The quantitative estimate of drug-likeness (QED) is 0.617. The van der Waals surface area contributed by atoms with Crippen LogP contribution in [0.5, 0.6) is 5.75 Å². The number of nitrogens with zero attached hydrogens (tertiary/aromatic N) is 1. The van der Waals surface area contributed by atoms with Crippen molar-refractivity contribution in [1.82, 2.24) is 5.32 Å². The number of rotatable bonds is 6. The minimum absolute atomic E-state index is 0.0478. The molecule has 0 saturated heterocycles. The van der Waals surface area contributed by atoms with E-state index in [1.807, 2.05) is 0 Å². The zero-order valence-electron chi connectivity index (χ0n) is 13.8. The fourth-order valence-electron chi connectivity index (χ4n) is 3.26. The van der Waals surface area contributed by atoms with Crippen molar-refractivity contribution in [3.63, 3.8) is 0 Å². The van der Waals surface area contributed by atoms with Gasteiger partial charge in [0.1, 0.15) is 0 Å². The van der Waals surface area contributed by atoms with Crippen LogP contribution in [0.3, 0.4) is 0 Å². The highest BCUT2D eigenvalue weighted by Crippen LogP contribution is 2.32. The summed E-state index contributed by atoms with van der Waals surface area (Å²) in [7, 11) is 1.42. The second-order valence-corrected chi connectivity index (χ2v) is 6.63. The molecule has 1 aromatic rings. The van der Waals surface area contributed by atoms with Crippen LogP contribution in [0.15, 0.2) is 18.2 Å². The van der Waals surface area contributed by atoms with Crippen LogP contribution in [0.2, 0.25) is 0 Å². The number of ether oxygens (including phenoxy) is 1. The number of amides is 1. The van der Waals surface area contributed by atoms with Crippen LogP contribution in [0.25, 0.3) is 0 Å². The molecule has 7 nitrogen and oxygen atoms in total. The second-order valence-electron chi connectivity index (χ2n) is 6.63. The molecule has 2 saturated carbocycles. The van der Waals surface area contributed by atoms with Gasteiger partial charge in [-0.2, -0.15) is 0 Å². The lowest BCUT2D eigenvalue weighted by Crippen LogP contribution is -2.38. The monoisotopic (exact) mass is 333 g/mol. The van der Waals surface area contributed by atoms with Crippen molar-refractivity contribution in [3.05, 3.63) is 28.3 Å². The van der Waals surface area contributed by atoms with Crippen molar-refractivity contribution in [1.29, 1.82) is 0 Å². The molecule has 0 bridgehead atoms. The van der Waals surface area contributed by atoms with Gasteiger partial charge >= 0.3 is 5.69 Å². The van der Waals surface area contributed by atoms with E-state index in [1.165, 1.54) is 13.2 Å². The lowest BCUT2D eigenvalue weighted by molar-refractivity contribution is -0.385. The van der Waals surface area contributed by atoms with Gasteiger partial charge in [-0.15, -0.1) is 0 Å². The first-order valence-electron chi connectivity index (χ1n) is 8.46. The Hall–Kier alpha value is -2.31. The summed E-state index contributed by atoms with van der Waals surface area (Å²) in [5.41, 5.74) is 0.735. The number of carbonyl (C=O) groups is 1. The molecular weight excluding hydrogens is 310 g/mol. The SMILES string of the molecule is COc1cc(N[C@@H]2CCC[C@@H](C(=O)NC3CC3)C2)ccc1[N+](=O)[O-]. The molecule has 2 fully saturated rings. The molecule has 2 aliphatic carbocycles. The van der Waals surface area contributed by atoms with E-state index in [9.17, 15) is 14.9 Å². The van der Waals surface area contributed by atoms with Crippen molar-refractivity contribution in [2.45, 2.75) is 50.6 Å². The van der Waals surface area contributed by atoms with Crippen LogP contribution < -0.4 is 15.4 Å². The predicted octanol–water partition coefficient (Wildman–Crippen LogP) is 2.85. The number of hydrogen-bond acceptors (Lipinski definition) is 5. The van der Waals surface area contributed by atoms with Crippen LogP contribution in [0.4, 0.5) is 11.4 Å². The molecule has 0 aliphatic heterocycles. The maximum atomic E-state index is 12.2. The van der Waals surface area contributed by atoms with Crippen molar-refractivity contribution in [3.8, 4) is 5.75 Å². The lowest BCUT2D eigenvalue weighted by atomic mass is 9.85. The summed E-state index contributed by atoms with van der Waals surface area (Å²) >= 11 is 0. The van der Waals surface area contributed by atoms with Gasteiger partial charge in [0.25, 0.3) is 0 Å². The summed E-state index contributed by atoms with van der Waals surface area (Å²) in [5, 5.41) is 17.4. The topological polar surface area (TPSA) is 93.5 Å². The number of benzene rings is 1. The van der Waals surface area contributed by atoms with E-state index >= 15 is 0 Å². The summed E-state index contributed by atoms with van der Waals surface area (Å²) < 4.78 is 5.10. The third kappa shape index (κ3) is 3.96. The van der Waals surface area contributed by atoms with Crippen molar-refractivity contribution < 1.29 is 14.5 Å². The summed E-state index contributed by atoms with van der Waals surface area (Å²) in [6, 6.07) is 5.37. The van der Waals surface area contributed by atoms with Crippen molar-refractivity contribution in [2.75, 3.05) is 12.4 Å². The fraction of sp³-hybridized carbons (Fsp3) is 0.588. The van der Waals surface area contributed by atoms with Gasteiger partial charge in [0.05, 0.1) is 12.0 Å². The first-order chi connectivity index (χ1) is 11.6. The van der Waals surface area contributed by atoms with Crippen LogP contribution in [0.1, 0.15) is 38.5 Å². The summed E-state index contributed by atoms with van der Waals surface area (Å²) in [4.78, 5) is 22.7. The normalized spacial score (nSPS) is 23.4. The van der Waals surface area contributed by atoms with E-state index in [1.54, 1.807) is 12.1 Å². The second kappa shape index (κ2) is 7.07. The first kappa shape index (κ1) is 16.5. The van der Waals surface area contributed by atoms with Gasteiger partial charge in [0.15, 0.2) is 5.75 Å². The Morgan fingerprint density at radius 2 is 2.04 bits per heavy atom. The van der Waals surface area contributed by atoms with Gasteiger partial charge in [-0.3, -0.25) is 14.9 Å².